The fourth-order valence-electron chi connectivity index (χ4n) is 2.37. The average Bonchev–Trinajstić information content (AvgIpc) is 2.46. The summed E-state index contributed by atoms with van der Waals surface area (Å²) in [7, 11) is 0. The largest absolute Gasteiger partial charge is 0.342 e. The summed E-state index contributed by atoms with van der Waals surface area (Å²) in [4.78, 5) is 15.3. The van der Waals surface area contributed by atoms with Gasteiger partial charge in [-0.3, -0.25) is 4.79 Å². The van der Waals surface area contributed by atoms with Crippen LogP contribution in [-0.2, 0) is 4.79 Å². The molecule has 0 unspecified atom stereocenters. The summed E-state index contributed by atoms with van der Waals surface area (Å²) in [6, 6.07) is 8.21. The number of thioether (sulfide) groups is 1. The molecular weight excluding hydrogens is 256 g/mol. The summed E-state index contributed by atoms with van der Waals surface area (Å²) in [6.45, 7) is 4.57. The first-order valence-electron chi connectivity index (χ1n) is 6.87. The Balaban J connectivity index is 1.81. The molecule has 3 nitrogen and oxygen atoms in total. The second-order valence-corrected chi connectivity index (χ2v) is 6.13. The Kier molecular flexibility index (Phi) is 5.28. The lowest BCUT2D eigenvalue weighted by atomic mass is 9.97. The smallest absolute Gasteiger partial charge is 0.232 e. The predicted molar refractivity (Wildman–Crippen MR) is 80.3 cm³/mol. The minimum atomic E-state index is 0.253. The van der Waals surface area contributed by atoms with Gasteiger partial charge in [-0.1, -0.05) is 18.2 Å². The highest BCUT2D eigenvalue weighted by atomic mass is 32.2. The van der Waals surface area contributed by atoms with Crippen molar-refractivity contribution >= 4 is 17.7 Å². The minimum absolute atomic E-state index is 0.253. The SMILES string of the molecule is Cc1ccccc1SCC(=O)N1CCC(CN)CC1. The normalized spacial score (nSPS) is 16.6. The van der Waals surface area contributed by atoms with Gasteiger partial charge < -0.3 is 10.6 Å². The van der Waals surface area contributed by atoms with Gasteiger partial charge in [0, 0.05) is 18.0 Å². The van der Waals surface area contributed by atoms with Crippen molar-refractivity contribution < 1.29 is 4.79 Å². The number of carbonyl (C=O) groups excluding carboxylic acids is 1. The van der Waals surface area contributed by atoms with Crippen LogP contribution in [0.15, 0.2) is 29.2 Å². The van der Waals surface area contributed by atoms with E-state index < -0.39 is 0 Å². The van der Waals surface area contributed by atoms with Crippen LogP contribution < -0.4 is 5.73 Å². The Hall–Kier alpha value is -1.00. The number of nitrogens with zero attached hydrogens (tertiary/aromatic N) is 1. The maximum Gasteiger partial charge on any atom is 0.232 e. The van der Waals surface area contributed by atoms with Crippen molar-refractivity contribution in [1.82, 2.24) is 4.90 Å². The summed E-state index contributed by atoms with van der Waals surface area (Å²) in [5, 5.41) is 0. The average molecular weight is 278 g/mol. The van der Waals surface area contributed by atoms with E-state index in [-0.39, 0.29) is 5.91 Å². The number of carbonyl (C=O) groups is 1. The third kappa shape index (κ3) is 3.98. The van der Waals surface area contributed by atoms with E-state index in [4.69, 9.17) is 5.73 Å². The molecule has 1 saturated heterocycles. The molecule has 4 heteroatoms. The molecule has 1 aliphatic heterocycles. The number of benzene rings is 1. The number of piperidine rings is 1. The fraction of sp³-hybridized carbons (Fsp3) is 0.533. The zero-order valence-electron chi connectivity index (χ0n) is 11.5. The van der Waals surface area contributed by atoms with Crippen LogP contribution in [0.5, 0.6) is 0 Å². The Morgan fingerprint density at radius 2 is 2.05 bits per heavy atom. The first-order valence-corrected chi connectivity index (χ1v) is 7.85. The quantitative estimate of drug-likeness (QED) is 0.860. The summed E-state index contributed by atoms with van der Waals surface area (Å²) in [5.74, 6) is 1.40. The standard InChI is InChI=1S/C15H22N2OS/c1-12-4-2-3-5-14(12)19-11-15(18)17-8-6-13(10-16)7-9-17/h2-5,13H,6-11,16H2,1H3. The van der Waals surface area contributed by atoms with Crippen LogP contribution in [-0.4, -0.2) is 36.2 Å². The van der Waals surface area contributed by atoms with Crippen molar-refractivity contribution in [3.05, 3.63) is 29.8 Å². The highest BCUT2D eigenvalue weighted by molar-refractivity contribution is 8.00. The molecule has 0 atom stereocenters. The molecule has 1 heterocycles. The van der Waals surface area contributed by atoms with Crippen LogP contribution in [0.3, 0.4) is 0 Å². The van der Waals surface area contributed by atoms with Gasteiger partial charge in [-0.25, -0.2) is 0 Å². The first kappa shape index (κ1) is 14.4. The molecule has 1 aromatic rings. The molecule has 2 rings (SSSR count). The minimum Gasteiger partial charge on any atom is -0.342 e. The monoisotopic (exact) mass is 278 g/mol. The van der Waals surface area contributed by atoms with Crippen LogP contribution in [0.2, 0.25) is 0 Å². The van der Waals surface area contributed by atoms with Gasteiger partial charge in [0.25, 0.3) is 0 Å². The van der Waals surface area contributed by atoms with E-state index in [0.717, 1.165) is 32.5 Å². The van der Waals surface area contributed by atoms with E-state index in [1.807, 2.05) is 17.0 Å². The fourth-order valence-corrected chi connectivity index (χ4v) is 3.30. The van der Waals surface area contributed by atoms with Gasteiger partial charge in [-0.15, -0.1) is 11.8 Å². The number of rotatable bonds is 4. The second-order valence-electron chi connectivity index (χ2n) is 5.11. The summed E-state index contributed by atoms with van der Waals surface area (Å²) < 4.78 is 0. The molecule has 0 spiro atoms. The second kappa shape index (κ2) is 6.96. The number of hydrogen-bond acceptors (Lipinski definition) is 3. The third-order valence-corrected chi connectivity index (χ3v) is 4.91. The Morgan fingerprint density at radius 3 is 2.68 bits per heavy atom. The van der Waals surface area contributed by atoms with Gasteiger partial charge in [0.05, 0.1) is 5.75 Å². The van der Waals surface area contributed by atoms with Crippen LogP contribution in [0.4, 0.5) is 0 Å². The number of amides is 1. The van der Waals surface area contributed by atoms with Gasteiger partial charge in [0.2, 0.25) is 5.91 Å². The van der Waals surface area contributed by atoms with E-state index in [0.29, 0.717) is 11.7 Å². The summed E-state index contributed by atoms with van der Waals surface area (Å²) in [6.07, 6.45) is 2.11. The van der Waals surface area contributed by atoms with Crippen LogP contribution >= 0.6 is 11.8 Å². The van der Waals surface area contributed by atoms with Crippen molar-refractivity contribution in [2.24, 2.45) is 11.7 Å². The van der Waals surface area contributed by atoms with E-state index in [1.54, 1.807) is 11.8 Å². The van der Waals surface area contributed by atoms with Gasteiger partial charge in [-0.2, -0.15) is 0 Å². The van der Waals surface area contributed by atoms with Gasteiger partial charge in [0.15, 0.2) is 0 Å². The molecular formula is C15H22N2OS. The Morgan fingerprint density at radius 1 is 1.37 bits per heavy atom. The summed E-state index contributed by atoms with van der Waals surface area (Å²) >= 11 is 1.64. The Bertz CT molecular complexity index is 428. The third-order valence-electron chi connectivity index (χ3n) is 3.75. The molecule has 104 valence electrons. The van der Waals surface area contributed by atoms with Gasteiger partial charge >= 0.3 is 0 Å². The molecule has 1 amide bonds. The molecule has 19 heavy (non-hydrogen) atoms. The van der Waals surface area contributed by atoms with E-state index in [9.17, 15) is 4.79 Å². The van der Waals surface area contributed by atoms with Crippen molar-refractivity contribution in [3.63, 3.8) is 0 Å². The molecule has 0 radical (unpaired) electrons. The number of hydrogen-bond donors (Lipinski definition) is 1. The lowest BCUT2D eigenvalue weighted by Gasteiger charge is -2.31. The van der Waals surface area contributed by atoms with E-state index in [2.05, 4.69) is 19.1 Å². The highest BCUT2D eigenvalue weighted by Crippen LogP contribution is 2.23. The van der Waals surface area contributed by atoms with Crippen LogP contribution in [0.1, 0.15) is 18.4 Å². The molecule has 2 N–H and O–H groups in total. The topological polar surface area (TPSA) is 46.3 Å². The van der Waals surface area contributed by atoms with E-state index >= 15 is 0 Å². The summed E-state index contributed by atoms with van der Waals surface area (Å²) in [5.41, 5.74) is 6.91. The number of aryl methyl sites for hydroxylation is 1. The molecule has 1 aliphatic rings. The molecule has 0 saturated carbocycles. The Labute approximate surface area is 119 Å². The van der Waals surface area contributed by atoms with Gasteiger partial charge in [0.1, 0.15) is 0 Å². The van der Waals surface area contributed by atoms with E-state index in [1.165, 1.54) is 10.5 Å². The first-order chi connectivity index (χ1) is 9.20. The maximum atomic E-state index is 12.2. The predicted octanol–water partition coefficient (Wildman–Crippen LogP) is 2.28. The number of nitrogens with two attached hydrogens (primary N) is 1. The maximum absolute atomic E-state index is 12.2. The van der Waals surface area contributed by atoms with Crippen molar-refractivity contribution in [2.75, 3.05) is 25.4 Å². The molecule has 0 aliphatic carbocycles. The zero-order chi connectivity index (χ0) is 13.7. The van der Waals surface area contributed by atoms with Gasteiger partial charge in [-0.05, 0) is 43.9 Å². The lowest BCUT2D eigenvalue weighted by Crippen LogP contribution is -2.40. The molecule has 1 fully saturated rings. The molecule has 1 aromatic carbocycles. The lowest BCUT2D eigenvalue weighted by molar-refractivity contribution is -0.129. The highest BCUT2D eigenvalue weighted by Gasteiger charge is 2.21. The van der Waals surface area contributed by atoms with Crippen molar-refractivity contribution in [2.45, 2.75) is 24.7 Å². The molecule has 0 bridgehead atoms. The van der Waals surface area contributed by atoms with Crippen molar-refractivity contribution in [3.8, 4) is 0 Å². The molecule has 0 aromatic heterocycles. The number of likely N-dealkylation sites (tertiary alicyclic amines) is 1. The van der Waals surface area contributed by atoms with Crippen LogP contribution in [0.25, 0.3) is 0 Å². The van der Waals surface area contributed by atoms with Crippen molar-refractivity contribution in [1.29, 1.82) is 0 Å². The van der Waals surface area contributed by atoms with Crippen LogP contribution in [0, 0.1) is 12.8 Å². The zero-order valence-corrected chi connectivity index (χ0v) is 12.3.